The fraction of sp³-hybridized carbons (Fsp3) is 0.632. The van der Waals surface area contributed by atoms with Gasteiger partial charge in [-0.15, -0.1) is 0 Å². The van der Waals surface area contributed by atoms with Crippen LogP contribution in [0, 0.1) is 5.92 Å². The molecule has 0 radical (unpaired) electrons. The van der Waals surface area contributed by atoms with E-state index < -0.39 is 0 Å². The highest BCUT2D eigenvalue weighted by Gasteiger charge is 2.45. The molecule has 1 aliphatic heterocycles. The molecule has 0 amide bonds. The van der Waals surface area contributed by atoms with Gasteiger partial charge in [-0.05, 0) is 49.4 Å². The number of rotatable bonds is 6. The van der Waals surface area contributed by atoms with Gasteiger partial charge in [0.05, 0.1) is 14.2 Å². The zero-order chi connectivity index (χ0) is 16.9. The molecule has 1 aromatic carbocycles. The molecule has 2 fully saturated rings. The predicted molar refractivity (Wildman–Crippen MR) is 91.4 cm³/mol. The first-order valence-corrected chi connectivity index (χ1v) is 8.83. The number of fused-ring (bicyclic) bond motifs is 1. The smallest absolute Gasteiger partial charge is 0.323 e. The normalized spacial score (nSPS) is 26.7. The fourth-order valence-corrected chi connectivity index (χ4v) is 4.18. The van der Waals surface area contributed by atoms with Gasteiger partial charge in [0.1, 0.15) is 24.1 Å². The van der Waals surface area contributed by atoms with E-state index in [1.807, 2.05) is 24.3 Å². The number of ether oxygens (including phenoxy) is 3. The lowest BCUT2D eigenvalue weighted by molar-refractivity contribution is -0.146. The van der Waals surface area contributed by atoms with Crippen LogP contribution in [0.1, 0.15) is 32.1 Å². The van der Waals surface area contributed by atoms with Crippen LogP contribution < -0.4 is 9.47 Å². The van der Waals surface area contributed by atoms with Crippen LogP contribution in [-0.4, -0.2) is 50.3 Å². The summed E-state index contributed by atoms with van der Waals surface area (Å²) in [5, 5.41) is 0. The maximum absolute atomic E-state index is 12.2. The van der Waals surface area contributed by atoms with Crippen molar-refractivity contribution < 1.29 is 19.0 Å². The molecular formula is C19H27NO4. The Kier molecular flexibility index (Phi) is 5.61. The Balaban J connectivity index is 1.59. The monoisotopic (exact) mass is 333 g/mol. The number of methoxy groups -OCH3 is 2. The molecule has 132 valence electrons. The summed E-state index contributed by atoms with van der Waals surface area (Å²) >= 11 is 0. The average molecular weight is 333 g/mol. The number of hydrogen-bond donors (Lipinski definition) is 0. The minimum Gasteiger partial charge on any atom is -0.497 e. The van der Waals surface area contributed by atoms with E-state index in [9.17, 15) is 4.79 Å². The number of likely N-dealkylation sites (tertiary alicyclic amines) is 1. The highest BCUT2D eigenvalue weighted by Crippen LogP contribution is 2.39. The number of hydrogen-bond acceptors (Lipinski definition) is 5. The van der Waals surface area contributed by atoms with Gasteiger partial charge >= 0.3 is 5.97 Å². The van der Waals surface area contributed by atoms with Crippen molar-refractivity contribution in [2.45, 2.75) is 44.2 Å². The van der Waals surface area contributed by atoms with Crippen molar-refractivity contribution in [1.82, 2.24) is 4.90 Å². The third-order valence-electron chi connectivity index (χ3n) is 5.37. The van der Waals surface area contributed by atoms with Gasteiger partial charge in [0, 0.05) is 12.6 Å². The summed E-state index contributed by atoms with van der Waals surface area (Å²) in [6, 6.07) is 7.98. The van der Waals surface area contributed by atoms with E-state index in [1.165, 1.54) is 32.8 Å². The Morgan fingerprint density at radius 3 is 2.54 bits per heavy atom. The summed E-state index contributed by atoms with van der Waals surface area (Å²) in [6.45, 7) is 1.33. The molecule has 5 nitrogen and oxygen atoms in total. The molecule has 1 saturated carbocycles. The van der Waals surface area contributed by atoms with Crippen LogP contribution in [0.15, 0.2) is 24.3 Å². The molecule has 0 spiro atoms. The van der Waals surface area contributed by atoms with Gasteiger partial charge in [-0.1, -0.05) is 12.8 Å². The van der Waals surface area contributed by atoms with E-state index in [2.05, 4.69) is 4.90 Å². The first-order chi connectivity index (χ1) is 11.7. The second-order valence-corrected chi connectivity index (χ2v) is 6.65. The van der Waals surface area contributed by atoms with Gasteiger partial charge in [0.15, 0.2) is 0 Å². The molecule has 0 aromatic heterocycles. The SMILES string of the molecule is COC(=O)C1CC2CCCCC2N1CCOc1ccc(OC)cc1. The number of nitrogens with zero attached hydrogens (tertiary/aromatic N) is 1. The number of esters is 1. The van der Waals surface area contributed by atoms with Gasteiger partial charge in [-0.25, -0.2) is 0 Å². The molecule has 0 N–H and O–H groups in total. The largest absolute Gasteiger partial charge is 0.497 e. The summed E-state index contributed by atoms with van der Waals surface area (Å²) in [5.41, 5.74) is 0. The molecule has 3 rings (SSSR count). The Morgan fingerprint density at radius 1 is 1.12 bits per heavy atom. The molecule has 24 heavy (non-hydrogen) atoms. The first-order valence-electron chi connectivity index (χ1n) is 8.83. The van der Waals surface area contributed by atoms with E-state index in [4.69, 9.17) is 14.2 Å². The maximum atomic E-state index is 12.2. The molecular weight excluding hydrogens is 306 g/mol. The third-order valence-corrected chi connectivity index (χ3v) is 5.37. The molecule has 3 atom stereocenters. The predicted octanol–water partition coefficient (Wildman–Crippen LogP) is 2.88. The van der Waals surface area contributed by atoms with Crippen LogP contribution in [-0.2, 0) is 9.53 Å². The maximum Gasteiger partial charge on any atom is 0.323 e. The van der Waals surface area contributed by atoms with Gasteiger partial charge in [0.2, 0.25) is 0 Å². The molecule has 1 aromatic rings. The van der Waals surface area contributed by atoms with Crippen LogP contribution in [0.4, 0.5) is 0 Å². The zero-order valence-corrected chi connectivity index (χ0v) is 14.6. The number of benzene rings is 1. The minimum atomic E-state index is -0.109. The second kappa shape index (κ2) is 7.88. The van der Waals surface area contributed by atoms with E-state index >= 15 is 0 Å². The third kappa shape index (κ3) is 3.66. The second-order valence-electron chi connectivity index (χ2n) is 6.65. The summed E-state index contributed by atoms with van der Waals surface area (Å²) in [4.78, 5) is 14.5. The Bertz CT molecular complexity index is 545. The molecule has 1 heterocycles. The molecule has 5 heteroatoms. The van der Waals surface area contributed by atoms with Crippen molar-refractivity contribution in [3.8, 4) is 11.5 Å². The van der Waals surface area contributed by atoms with E-state index in [0.29, 0.717) is 18.6 Å². The van der Waals surface area contributed by atoms with Gasteiger partial charge in [-0.2, -0.15) is 0 Å². The van der Waals surface area contributed by atoms with Crippen molar-refractivity contribution in [1.29, 1.82) is 0 Å². The molecule has 3 unspecified atom stereocenters. The van der Waals surface area contributed by atoms with E-state index in [1.54, 1.807) is 7.11 Å². The van der Waals surface area contributed by atoms with Crippen LogP contribution in [0.3, 0.4) is 0 Å². The van der Waals surface area contributed by atoms with E-state index in [0.717, 1.165) is 24.5 Å². The van der Waals surface area contributed by atoms with E-state index in [-0.39, 0.29) is 12.0 Å². The van der Waals surface area contributed by atoms with Crippen LogP contribution >= 0.6 is 0 Å². The summed E-state index contributed by atoms with van der Waals surface area (Å²) < 4.78 is 16.0. The Morgan fingerprint density at radius 2 is 1.83 bits per heavy atom. The van der Waals surface area contributed by atoms with Crippen LogP contribution in [0.2, 0.25) is 0 Å². The molecule has 2 aliphatic rings. The summed E-state index contributed by atoms with van der Waals surface area (Å²) in [7, 11) is 3.13. The lowest BCUT2D eigenvalue weighted by Crippen LogP contribution is -2.44. The standard InChI is InChI=1S/C19H27NO4/c1-22-15-7-9-16(10-8-15)24-12-11-20-17-6-4-3-5-14(17)13-18(20)19(21)23-2/h7-10,14,17-18H,3-6,11-13H2,1-2H3. The van der Waals surface area contributed by atoms with Crippen molar-refractivity contribution in [3.63, 3.8) is 0 Å². The molecule has 1 saturated heterocycles. The van der Waals surface area contributed by atoms with Crippen molar-refractivity contribution in [2.75, 3.05) is 27.4 Å². The topological polar surface area (TPSA) is 48.0 Å². The van der Waals surface area contributed by atoms with Gasteiger partial charge in [-0.3, -0.25) is 9.69 Å². The molecule has 0 bridgehead atoms. The summed E-state index contributed by atoms with van der Waals surface area (Å²) in [6.07, 6.45) is 5.88. The van der Waals surface area contributed by atoms with Crippen molar-refractivity contribution in [3.05, 3.63) is 24.3 Å². The number of carbonyl (C=O) groups is 1. The van der Waals surface area contributed by atoms with Crippen LogP contribution in [0.5, 0.6) is 11.5 Å². The van der Waals surface area contributed by atoms with Gasteiger partial charge in [0.25, 0.3) is 0 Å². The Hall–Kier alpha value is -1.75. The summed E-state index contributed by atoms with van der Waals surface area (Å²) in [5.74, 6) is 2.17. The van der Waals surface area contributed by atoms with Crippen molar-refractivity contribution >= 4 is 5.97 Å². The average Bonchev–Trinajstić information content (AvgIpc) is 3.00. The highest BCUT2D eigenvalue weighted by molar-refractivity contribution is 5.76. The lowest BCUT2D eigenvalue weighted by atomic mass is 9.85. The first kappa shape index (κ1) is 17.1. The van der Waals surface area contributed by atoms with Crippen molar-refractivity contribution in [2.24, 2.45) is 5.92 Å². The lowest BCUT2D eigenvalue weighted by Gasteiger charge is -2.33. The fourth-order valence-electron chi connectivity index (χ4n) is 4.18. The van der Waals surface area contributed by atoms with Crippen LogP contribution in [0.25, 0.3) is 0 Å². The minimum absolute atomic E-state index is 0.103. The highest BCUT2D eigenvalue weighted by atomic mass is 16.5. The molecule has 1 aliphatic carbocycles. The zero-order valence-electron chi connectivity index (χ0n) is 14.6. The Labute approximate surface area is 143 Å². The quantitative estimate of drug-likeness (QED) is 0.749. The van der Waals surface area contributed by atoms with Gasteiger partial charge < -0.3 is 14.2 Å². The number of carbonyl (C=O) groups excluding carboxylic acids is 1.